The van der Waals surface area contributed by atoms with Crippen LogP contribution in [0.2, 0.25) is 0 Å². The molecule has 90 valence electrons. The number of rotatable bonds is 5. The molecule has 0 aromatic heterocycles. The number of hydrogen-bond acceptors (Lipinski definition) is 3. The van der Waals surface area contributed by atoms with E-state index in [1.807, 2.05) is 25.1 Å². The van der Waals surface area contributed by atoms with Crippen LogP contribution in [0.1, 0.15) is 25.5 Å². The Balaban J connectivity index is 2.79. The van der Waals surface area contributed by atoms with Crippen molar-refractivity contribution in [2.45, 2.75) is 25.9 Å². The average Bonchev–Trinajstić information content (AvgIpc) is 2.28. The van der Waals surface area contributed by atoms with Crippen molar-refractivity contribution in [2.75, 3.05) is 13.7 Å². The van der Waals surface area contributed by atoms with Crippen molar-refractivity contribution >= 4 is 15.9 Å². The highest BCUT2D eigenvalue weighted by Crippen LogP contribution is 2.27. The van der Waals surface area contributed by atoms with Crippen LogP contribution in [0.5, 0.6) is 5.75 Å². The molecule has 0 heterocycles. The van der Waals surface area contributed by atoms with Gasteiger partial charge in [0.2, 0.25) is 0 Å². The molecule has 0 amide bonds. The first-order valence-corrected chi connectivity index (χ1v) is 6.08. The van der Waals surface area contributed by atoms with Crippen LogP contribution in [0, 0.1) is 0 Å². The van der Waals surface area contributed by atoms with E-state index in [-0.39, 0.29) is 18.7 Å². The molecule has 0 aliphatic rings. The molecule has 4 heteroatoms. The summed E-state index contributed by atoms with van der Waals surface area (Å²) in [6, 6.07) is 6.16. The smallest absolute Gasteiger partial charge is 0.120 e. The molecule has 0 unspecified atom stereocenters. The largest absolute Gasteiger partial charge is 0.497 e. The number of aliphatic hydroxyl groups is 1. The number of methoxy groups -OCH3 is 1. The molecule has 0 aliphatic heterocycles. The van der Waals surface area contributed by atoms with Crippen LogP contribution in [0.15, 0.2) is 22.7 Å². The van der Waals surface area contributed by atoms with Gasteiger partial charge in [-0.2, -0.15) is 0 Å². The van der Waals surface area contributed by atoms with E-state index in [9.17, 15) is 0 Å². The molecule has 0 radical (unpaired) electrons. The van der Waals surface area contributed by atoms with Gasteiger partial charge in [-0.05, 0) is 31.5 Å². The number of aliphatic hydroxyl groups excluding tert-OH is 1. The van der Waals surface area contributed by atoms with Gasteiger partial charge >= 0.3 is 0 Å². The van der Waals surface area contributed by atoms with Gasteiger partial charge in [-0.25, -0.2) is 0 Å². The average molecular weight is 288 g/mol. The highest BCUT2D eigenvalue weighted by molar-refractivity contribution is 9.10. The minimum absolute atomic E-state index is 0.0870. The van der Waals surface area contributed by atoms with Crippen LogP contribution in [-0.4, -0.2) is 24.9 Å². The maximum Gasteiger partial charge on any atom is 0.120 e. The minimum atomic E-state index is 0.0870. The van der Waals surface area contributed by atoms with Crippen molar-refractivity contribution in [2.24, 2.45) is 0 Å². The Morgan fingerprint density at radius 1 is 1.44 bits per heavy atom. The van der Waals surface area contributed by atoms with Crippen molar-refractivity contribution in [1.29, 1.82) is 0 Å². The van der Waals surface area contributed by atoms with Crippen LogP contribution in [0.3, 0.4) is 0 Å². The van der Waals surface area contributed by atoms with Crippen LogP contribution < -0.4 is 10.1 Å². The molecule has 1 rings (SSSR count). The lowest BCUT2D eigenvalue weighted by Gasteiger charge is -2.20. The molecule has 2 atom stereocenters. The summed E-state index contributed by atoms with van der Waals surface area (Å²) in [6.45, 7) is 4.16. The molecule has 1 aromatic rings. The Morgan fingerprint density at radius 3 is 2.62 bits per heavy atom. The SMILES string of the molecule is COc1ccc([C@H](C)N[C@H](C)CO)c(Br)c1. The maximum atomic E-state index is 8.99. The second-order valence-electron chi connectivity index (χ2n) is 3.86. The number of hydrogen-bond donors (Lipinski definition) is 2. The fourth-order valence-electron chi connectivity index (χ4n) is 1.56. The summed E-state index contributed by atoms with van der Waals surface area (Å²) in [7, 11) is 1.65. The van der Waals surface area contributed by atoms with Crippen molar-refractivity contribution < 1.29 is 9.84 Å². The van der Waals surface area contributed by atoms with Gasteiger partial charge in [0.1, 0.15) is 5.75 Å². The summed E-state index contributed by atoms with van der Waals surface area (Å²) in [4.78, 5) is 0. The molecule has 16 heavy (non-hydrogen) atoms. The lowest BCUT2D eigenvalue weighted by atomic mass is 10.1. The first-order chi connectivity index (χ1) is 7.58. The Labute approximate surface area is 105 Å². The van der Waals surface area contributed by atoms with Crippen LogP contribution in [-0.2, 0) is 0 Å². The van der Waals surface area contributed by atoms with Crippen molar-refractivity contribution in [3.63, 3.8) is 0 Å². The monoisotopic (exact) mass is 287 g/mol. The third-order valence-corrected chi connectivity index (χ3v) is 3.17. The fraction of sp³-hybridized carbons (Fsp3) is 0.500. The topological polar surface area (TPSA) is 41.5 Å². The highest BCUT2D eigenvalue weighted by atomic mass is 79.9. The second kappa shape index (κ2) is 6.23. The lowest BCUT2D eigenvalue weighted by molar-refractivity contribution is 0.243. The van der Waals surface area contributed by atoms with Crippen molar-refractivity contribution in [1.82, 2.24) is 5.32 Å². The minimum Gasteiger partial charge on any atom is -0.497 e. The summed E-state index contributed by atoms with van der Waals surface area (Å²) in [5.74, 6) is 0.832. The van der Waals surface area contributed by atoms with Gasteiger partial charge in [0.05, 0.1) is 13.7 Å². The molecule has 3 nitrogen and oxygen atoms in total. The van der Waals surface area contributed by atoms with Gasteiger partial charge in [-0.3, -0.25) is 0 Å². The van der Waals surface area contributed by atoms with E-state index < -0.39 is 0 Å². The van der Waals surface area contributed by atoms with E-state index in [0.29, 0.717) is 0 Å². The Kier molecular flexibility index (Phi) is 5.25. The van der Waals surface area contributed by atoms with Gasteiger partial charge in [0.25, 0.3) is 0 Å². The van der Waals surface area contributed by atoms with Crippen LogP contribution in [0.25, 0.3) is 0 Å². The molecule has 0 bridgehead atoms. The molecule has 1 aromatic carbocycles. The van der Waals surface area contributed by atoms with Gasteiger partial charge in [0.15, 0.2) is 0 Å². The Morgan fingerprint density at radius 2 is 2.12 bits per heavy atom. The molecule has 0 aliphatic carbocycles. The highest BCUT2D eigenvalue weighted by Gasteiger charge is 2.12. The normalized spacial score (nSPS) is 14.6. The molecule has 0 saturated carbocycles. The summed E-state index contributed by atoms with van der Waals surface area (Å²) in [6.07, 6.45) is 0. The van der Waals surface area contributed by atoms with Gasteiger partial charge in [0, 0.05) is 16.6 Å². The number of nitrogens with one attached hydrogen (secondary N) is 1. The molecule has 2 N–H and O–H groups in total. The number of halogens is 1. The number of benzene rings is 1. The molecular formula is C12H18BrNO2. The molecule has 0 fully saturated rings. The van der Waals surface area contributed by atoms with E-state index in [2.05, 4.69) is 28.2 Å². The summed E-state index contributed by atoms with van der Waals surface area (Å²) in [5, 5.41) is 12.3. The first kappa shape index (κ1) is 13.5. The number of ether oxygens (including phenoxy) is 1. The van der Waals surface area contributed by atoms with E-state index in [1.54, 1.807) is 7.11 Å². The molecular weight excluding hydrogens is 270 g/mol. The first-order valence-electron chi connectivity index (χ1n) is 5.28. The van der Waals surface area contributed by atoms with E-state index in [4.69, 9.17) is 9.84 Å². The molecule has 0 spiro atoms. The van der Waals surface area contributed by atoms with Gasteiger partial charge in [-0.15, -0.1) is 0 Å². The predicted molar refractivity (Wildman–Crippen MR) is 68.8 cm³/mol. The van der Waals surface area contributed by atoms with Gasteiger partial charge < -0.3 is 15.2 Å². The fourth-order valence-corrected chi connectivity index (χ4v) is 2.26. The quantitative estimate of drug-likeness (QED) is 0.874. The zero-order chi connectivity index (χ0) is 12.1. The molecule has 0 saturated heterocycles. The maximum absolute atomic E-state index is 8.99. The second-order valence-corrected chi connectivity index (χ2v) is 4.71. The standard InChI is InChI=1S/C12H18BrNO2/c1-8(7-15)14-9(2)11-5-4-10(16-3)6-12(11)13/h4-6,8-9,14-15H,7H2,1-3H3/t8-,9+/m1/s1. The van der Waals surface area contributed by atoms with E-state index in [0.717, 1.165) is 15.8 Å². The zero-order valence-electron chi connectivity index (χ0n) is 9.83. The third kappa shape index (κ3) is 3.47. The van der Waals surface area contributed by atoms with Crippen LogP contribution in [0.4, 0.5) is 0 Å². The zero-order valence-corrected chi connectivity index (χ0v) is 11.4. The van der Waals surface area contributed by atoms with Crippen molar-refractivity contribution in [3.8, 4) is 5.75 Å². The van der Waals surface area contributed by atoms with Crippen LogP contribution >= 0.6 is 15.9 Å². The lowest BCUT2D eigenvalue weighted by Crippen LogP contribution is -2.31. The summed E-state index contributed by atoms with van der Waals surface area (Å²) >= 11 is 3.52. The third-order valence-electron chi connectivity index (χ3n) is 2.48. The predicted octanol–water partition coefficient (Wildman–Crippen LogP) is 2.49. The Hall–Kier alpha value is -0.580. The van der Waals surface area contributed by atoms with Gasteiger partial charge in [-0.1, -0.05) is 22.0 Å². The summed E-state index contributed by atoms with van der Waals surface area (Å²) < 4.78 is 6.15. The Bertz CT molecular complexity index is 344. The van der Waals surface area contributed by atoms with E-state index in [1.165, 1.54) is 0 Å². The summed E-state index contributed by atoms with van der Waals surface area (Å²) in [5.41, 5.74) is 1.15. The van der Waals surface area contributed by atoms with E-state index >= 15 is 0 Å². The van der Waals surface area contributed by atoms with Crippen molar-refractivity contribution in [3.05, 3.63) is 28.2 Å².